The molecule has 0 heterocycles. The summed E-state index contributed by atoms with van der Waals surface area (Å²) < 4.78 is 0. The largest absolute Gasteiger partial charge is 0.399 e. The Hall–Kier alpha value is -1.26. The molecule has 16 heavy (non-hydrogen) atoms. The summed E-state index contributed by atoms with van der Waals surface area (Å²) in [5.41, 5.74) is 6.42. The molecule has 0 aliphatic rings. The minimum absolute atomic E-state index is 0.0338. The van der Waals surface area contributed by atoms with Crippen LogP contribution in [-0.4, -0.2) is 23.7 Å². The number of hydrogen-bond acceptors (Lipinski definition) is 3. The van der Waals surface area contributed by atoms with E-state index in [4.69, 9.17) is 22.4 Å². The fourth-order valence-corrected chi connectivity index (χ4v) is 1.49. The van der Waals surface area contributed by atoms with Crippen LogP contribution in [-0.2, 0) is 0 Å². The van der Waals surface area contributed by atoms with Gasteiger partial charge in [0.1, 0.15) is 0 Å². The molecule has 0 aliphatic heterocycles. The van der Waals surface area contributed by atoms with E-state index in [9.17, 15) is 4.79 Å². The summed E-state index contributed by atoms with van der Waals surface area (Å²) in [6.45, 7) is 1.85. The van der Waals surface area contributed by atoms with E-state index in [1.165, 1.54) is 6.07 Å². The molecule has 4 nitrogen and oxygen atoms in total. The highest BCUT2D eigenvalue weighted by molar-refractivity contribution is 6.34. The molecule has 1 aromatic rings. The molecule has 1 aromatic carbocycles. The number of halogens is 1. The molecule has 1 amide bonds. The molecule has 5 heteroatoms. The monoisotopic (exact) mass is 242 g/mol. The lowest BCUT2D eigenvalue weighted by Gasteiger charge is -2.13. The van der Waals surface area contributed by atoms with E-state index >= 15 is 0 Å². The first kappa shape index (κ1) is 12.8. The highest BCUT2D eigenvalue weighted by Gasteiger charge is 2.12. The number of nitrogens with two attached hydrogens (primary N) is 1. The topological polar surface area (TPSA) is 75.3 Å². The van der Waals surface area contributed by atoms with Gasteiger partial charge in [0.2, 0.25) is 0 Å². The third-order valence-corrected chi connectivity index (χ3v) is 2.50. The molecular weight excluding hydrogens is 228 g/mol. The highest BCUT2D eigenvalue weighted by atomic mass is 35.5. The molecule has 0 spiro atoms. The Morgan fingerprint density at radius 3 is 2.94 bits per heavy atom. The number of aliphatic hydroxyl groups excluding tert-OH is 1. The molecule has 0 bridgehead atoms. The Bertz CT molecular complexity index is 382. The van der Waals surface area contributed by atoms with Gasteiger partial charge in [0, 0.05) is 18.3 Å². The van der Waals surface area contributed by atoms with Crippen LogP contribution >= 0.6 is 11.6 Å². The van der Waals surface area contributed by atoms with Crippen molar-refractivity contribution in [3.8, 4) is 0 Å². The SMILES string of the molecule is CC(CCO)NC(=O)c1cc(N)ccc1Cl. The van der Waals surface area contributed by atoms with Crippen molar-refractivity contribution in [3.63, 3.8) is 0 Å². The fraction of sp³-hybridized carbons (Fsp3) is 0.364. The maximum absolute atomic E-state index is 11.8. The van der Waals surface area contributed by atoms with Crippen molar-refractivity contribution in [3.05, 3.63) is 28.8 Å². The molecule has 0 radical (unpaired) electrons. The lowest BCUT2D eigenvalue weighted by atomic mass is 10.1. The van der Waals surface area contributed by atoms with Gasteiger partial charge >= 0.3 is 0 Å². The second kappa shape index (κ2) is 5.72. The number of aliphatic hydroxyl groups is 1. The second-order valence-corrected chi connectivity index (χ2v) is 4.03. The Balaban J connectivity index is 2.76. The molecule has 1 unspecified atom stereocenters. The van der Waals surface area contributed by atoms with Crippen molar-refractivity contribution in [1.82, 2.24) is 5.32 Å². The van der Waals surface area contributed by atoms with Gasteiger partial charge in [0.25, 0.3) is 5.91 Å². The van der Waals surface area contributed by atoms with Crippen LogP contribution in [0.1, 0.15) is 23.7 Å². The van der Waals surface area contributed by atoms with Gasteiger partial charge in [-0.3, -0.25) is 4.79 Å². The molecule has 1 rings (SSSR count). The van der Waals surface area contributed by atoms with Gasteiger partial charge < -0.3 is 16.2 Å². The third kappa shape index (κ3) is 3.40. The highest BCUT2D eigenvalue weighted by Crippen LogP contribution is 2.18. The summed E-state index contributed by atoms with van der Waals surface area (Å²) in [7, 11) is 0. The van der Waals surface area contributed by atoms with E-state index < -0.39 is 0 Å². The predicted molar refractivity (Wildman–Crippen MR) is 64.5 cm³/mol. The molecule has 0 saturated carbocycles. The van der Waals surface area contributed by atoms with Crippen LogP contribution < -0.4 is 11.1 Å². The fourth-order valence-electron chi connectivity index (χ4n) is 1.28. The van der Waals surface area contributed by atoms with Crippen LogP contribution in [0, 0.1) is 0 Å². The van der Waals surface area contributed by atoms with Gasteiger partial charge in [-0.15, -0.1) is 0 Å². The van der Waals surface area contributed by atoms with Crippen LogP contribution in [0.3, 0.4) is 0 Å². The number of carbonyl (C=O) groups is 1. The van der Waals surface area contributed by atoms with Crippen molar-refractivity contribution >= 4 is 23.2 Å². The molecule has 0 aliphatic carbocycles. The van der Waals surface area contributed by atoms with Gasteiger partial charge in [0.15, 0.2) is 0 Å². The van der Waals surface area contributed by atoms with Gasteiger partial charge in [-0.05, 0) is 31.5 Å². The lowest BCUT2D eigenvalue weighted by Crippen LogP contribution is -2.33. The molecule has 88 valence electrons. The van der Waals surface area contributed by atoms with Gasteiger partial charge in [-0.2, -0.15) is 0 Å². The predicted octanol–water partition coefficient (Wildman–Crippen LogP) is 1.42. The van der Waals surface area contributed by atoms with Crippen molar-refractivity contribution in [1.29, 1.82) is 0 Å². The summed E-state index contributed by atoms with van der Waals surface area (Å²) in [6.07, 6.45) is 0.506. The van der Waals surface area contributed by atoms with Gasteiger partial charge in [-0.25, -0.2) is 0 Å². The Morgan fingerprint density at radius 2 is 2.31 bits per heavy atom. The number of hydrogen-bond donors (Lipinski definition) is 3. The minimum Gasteiger partial charge on any atom is -0.399 e. The normalized spacial score (nSPS) is 12.2. The first-order valence-corrected chi connectivity index (χ1v) is 5.39. The van der Waals surface area contributed by atoms with Gasteiger partial charge in [-0.1, -0.05) is 11.6 Å². The van der Waals surface area contributed by atoms with Gasteiger partial charge in [0.05, 0.1) is 10.6 Å². The molecule has 1 atom stereocenters. The molecule has 4 N–H and O–H groups in total. The summed E-state index contributed by atoms with van der Waals surface area (Å²) >= 11 is 5.89. The molecular formula is C11H15ClN2O2. The van der Waals surface area contributed by atoms with Crippen LogP contribution in [0.15, 0.2) is 18.2 Å². The number of rotatable bonds is 4. The summed E-state index contributed by atoms with van der Waals surface area (Å²) in [6, 6.07) is 4.65. The average molecular weight is 243 g/mol. The van der Waals surface area contributed by atoms with Crippen LogP contribution in [0.4, 0.5) is 5.69 Å². The van der Waals surface area contributed by atoms with E-state index in [1.54, 1.807) is 12.1 Å². The Kier molecular flexibility index (Phi) is 4.58. The standard InChI is InChI=1S/C11H15ClN2O2/c1-7(4-5-15)14-11(16)9-6-8(13)2-3-10(9)12/h2-3,6-7,15H,4-5,13H2,1H3,(H,14,16). The maximum atomic E-state index is 11.8. The van der Waals surface area contributed by atoms with E-state index in [0.29, 0.717) is 22.7 Å². The van der Waals surface area contributed by atoms with E-state index in [1.807, 2.05) is 6.92 Å². The second-order valence-electron chi connectivity index (χ2n) is 3.63. The number of amides is 1. The summed E-state index contributed by atoms with van der Waals surface area (Å²) in [4.78, 5) is 11.8. The lowest BCUT2D eigenvalue weighted by molar-refractivity contribution is 0.0934. The first-order valence-electron chi connectivity index (χ1n) is 5.01. The quantitative estimate of drug-likeness (QED) is 0.699. The summed E-state index contributed by atoms with van der Waals surface area (Å²) in [5, 5.41) is 11.8. The summed E-state index contributed by atoms with van der Waals surface area (Å²) in [5.74, 6) is -0.279. The van der Waals surface area contributed by atoms with E-state index in [-0.39, 0.29) is 18.6 Å². The van der Waals surface area contributed by atoms with Crippen molar-refractivity contribution in [2.24, 2.45) is 0 Å². The smallest absolute Gasteiger partial charge is 0.253 e. The van der Waals surface area contributed by atoms with Crippen molar-refractivity contribution < 1.29 is 9.90 Å². The van der Waals surface area contributed by atoms with Crippen LogP contribution in [0.5, 0.6) is 0 Å². The zero-order valence-electron chi connectivity index (χ0n) is 9.03. The van der Waals surface area contributed by atoms with E-state index in [0.717, 1.165) is 0 Å². The molecule has 0 saturated heterocycles. The average Bonchev–Trinajstić information content (AvgIpc) is 2.21. The molecule has 0 aromatic heterocycles. The number of benzene rings is 1. The maximum Gasteiger partial charge on any atom is 0.253 e. The van der Waals surface area contributed by atoms with Crippen LogP contribution in [0.2, 0.25) is 5.02 Å². The number of nitrogen functional groups attached to an aromatic ring is 1. The Morgan fingerprint density at radius 1 is 1.62 bits per heavy atom. The zero-order chi connectivity index (χ0) is 12.1. The van der Waals surface area contributed by atoms with Crippen LogP contribution in [0.25, 0.3) is 0 Å². The minimum atomic E-state index is -0.279. The zero-order valence-corrected chi connectivity index (χ0v) is 9.79. The first-order chi connectivity index (χ1) is 7.54. The number of anilines is 1. The molecule has 0 fully saturated rings. The van der Waals surface area contributed by atoms with Crippen molar-refractivity contribution in [2.75, 3.05) is 12.3 Å². The van der Waals surface area contributed by atoms with Crippen molar-refractivity contribution in [2.45, 2.75) is 19.4 Å². The third-order valence-electron chi connectivity index (χ3n) is 2.17. The Labute approximate surface area is 99.4 Å². The number of carbonyl (C=O) groups excluding carboxylic acids is 1. The van der Waals surface area contributed by atoms with E-state index in [2.05, 4.69) is 5.32 Å². The number of nitrogens with one attached hydrogen (secondary N) is 1.